The van der Waals surface area contributed by atoms with Gasteiger partial charge in [-0.1, -0.05) is 18.2 Å². The Hall–Kier alpha value is -2.12. The number of thiazole rings is 1. The van der Waals surface area contributed by atoms with Crippen molar-refractivity contribution in [3.63, 3.8) is 0 Å². The summed E-state index contributed by atoms with van der Waals surface area (Å²) in [7, 11) is 3.90. The van der Waals surface area contributed by atoms with Crippen LogP contribution in [0.1, 0.15) is 17.1 Å². The molecule has 7 heteroatoms. The van der Waals surface area contributed by atoms with E-state index < -0.39 is 0 Å². The van der Waals surface area contributed by atoms with Crippen molar-refractivity contribution in [2.45, 2.75) is 19.9 Å². The number of para-hydroxylation sites is 1. The average Bonchev–Trinajstić information content (AvgIpc) is 3.13. The van der Waals surface area contributed by atoms with Crippen molar-refractivity contribution in [2.24, 2.45) is 4.99 Å². The molecule has 1 aliphatic heterocycles. The van der Waals surface area contributed by atoms with Crippen LogP contribution < -0.4 is 10.2 Å². The lowest BCUT2D eigenvalue weighted by molar-refractivity contribution is 0.255. The van der Waals surface area contributed by atoms with Crippen molar-refractivity contribution in [1.82, 2.24) is 20.1 Å². The molecular formula is C21H32N6S. The summed E-state index contributed by atoms with van der Waals surface area (Å²) in [6, 6.07) is 10.7. The predicted molar refractivity (Wildman–Crippen MR) is 119 cm³/mol. The van der Waals surface area contributed by atoms with Gasteiger partial charge in [0, 0.05) is 57.9 Å². The first-order valence-corrected chi connectivity index (χ1v) is 10.9. The van der Waals surface area contributed by atoms with Crippen LogP contribution >= 0.6 is 11.3 Å². The van der Waals surface area contributed by atoms with Gasteiger partial charge in [0.1, 0.15) is 0 Å². The van der Waals surface area contributed by atoms with Gasteiger partial charge < -0.3 is 15.1 Å². The minimum atomic E-state index is 0.783. The van der Waals surface area contributed by atoms with Crippen LogP contribution in [-0.4, -0.2) is 74.1 Å². The van der Waals surface area contributed by atoms with Crippen molar-refractivity contribution in [3.05, 3.63) is 46.4 Å². The van der Waals surface area contributed by atoms with Crippen molar-refractivity contribution in [2.75, 3.05) is 58.3 Å². The number of aryl methyl sites for hydroxylation is 1. The Bertz CT molecular complexity index is 736. The van der Waals surface area contributed by atoms with E-state index in [2.05, 4.69) is 72.8 Å². The molecule has 1 fully saturated rings. The van der Waals surface area contributed by atoms with E-state index in [9.17, 15) is 0 Å². The molecule has 0 atom stereocenters. The standard InChI is InChI=1S/C21H32N6S/c1-18-24-19(17-28-18)16-25(3)21(22-2)23-10-7-11-26-12-14-27(15-13-26)20-8-5-4-6-9-20/h4-6,8-9,17H,7,10-16H2,1-3H3,(H,22,23). The molecule has 0 bridgehead atoms. The molecular weight excluding hydrogens is 368 g/mol. The van der Waals surface area contributed by atoms with E-state index in [0.29, 0.717) is 0 Å². The fourth-order valence-electron chi connectivity index (χ4n) is 3.55. The lowest BCUT2D eigenvalue weighted by atomic mass is 10.2. The summed E-state index contributed by atoms with van der Waals surface area (Å²) in [5.74, 6) is 0.930. The Kier molecular flexibility index (Phi) is 7.68. The number of nitrogens with one attached hydrogen (secondary N) is 1. The summed E-state index contributed by atoms with van der Waals surface area (Å²) in [4.78, 5) is 16.1. The van der Waals surface area contributed by atoms with E-state index in [1.165, 1.54) is 5.69 Å². The van der Waals surface area contributed by atoms with E-state index in [0.717, 1.165) is 68.9 Å². The third-order valence-electron chi connectivity index (χ3n) is 5.07. The van der Waals surface area contributed by atoms with Gasteiger partial charge in [0.2, 0.25) is 0 Å². The summed E-state index contributed by atoms with van der Waals surface area (Å²) in [6.45, 7) is 9.36. The molecule has 0 aliphatic carbocycles. The molecule has 1 N–H and O–H groups in total. The van der Waals surface area contributed by atoms with Gasteiger partial charge in [0.05, 0.1) is 17.2 Å². The Morgan fingerprint density at radius 3 is 2.61 bits per heavy atom. The Balaban J connectivity index is 1.33. The number of guanidine groups is 1. The summed E-state index contributed by atoms with van der Waals surface area (Å²) in [5.41, 5.74) is 2.44. The first-order chi connectivity index (χ1) is 13.7. The van der Waals surface area contributed by atoms with Crippen molar-refractivity contribution >= 4 is 23.0 Å². The van der Waals surface area contributed by atoms with E-state index >= 15 is 0 Å². The van der Waals surface area contributed by atoms with Gasteiger partial charge >= 0.3 is 0 Å². The van der Waals surface area contributed by atoms with Gasteiger partial charge in [0.25, 0.3) is 0 Å². The molecule has 1 aliphatic rings. The minimum absolute atomic E-state index is 0.783. The molecule has 2 aromatic rings. The van der Waals surface area contributed by atoms with Crippen LogP contribution in [0.2, 0.25) is 0 Å². The van der Waals surface area contributed by atoms with Crippen LogP contribution in [0, 0.1) is 6.92 Å². The third kappa shape index (κ3) is 5.94. The molecule has 2 heterocycles. The highest BCUT2D eigenvalue weighted by atomic mass is 32.1. The second-order valence-electron chi connectivity index (χ2n) is 7.21. The molecule has 0 amide bonds. The van der Waals surface area contributed by atoms with Crippen LogP contribution in [0.25, 0.3) is 0 Å². The van der Waals surface area contributed by atoms with Crippen molar-refractivity contribution < 1.29 is 0 Å². The number of benzene rings is 1. The van der Waals surface area contributed by atoms with Crippen LogP contribution in [0.5, 0.6) is 0 Å². The topological polar surface area (TPSA) is 47.0 Å². The number of piperazine rings is 1. The summed E-state index contributed by atoms with van der Waals surface area (Å²) in [6.07, 6.45) is 1.12. The Labute approximate surface area is 172 Å². The molecule has 0 spiro atoms. The summed E-state index contributed by atoms with van der Waals surface area (Å²) in [5, 5.41) is 6.71. The number of hydrogen-bond acceptors (Lipinski definition) is 5. The highest BCUT2D eigenvalue weighted by Gasteiger charge is 2.16. The number of anilines is 1. The number of rotatable bonds is 7. The van der Waals surface area contributed by atoms with Gasteiger partial charge in [-0.25, -0.2) is 4.98 Å². The zero-order valence-corrected chi connectivity index (χ0v) is 18.1. The molecule has 0 radical (unpaired) electrons. The van der Waals surface area contributed by atoms with E-state index in [1.54, 1.807) is 11.3 Å². The Morgan fingerprint density at radius 2 is 1.96 bits per heavy atom. The molecule has 0 saturated carbocycles. The molecule has 3 rings (SSSR count). The van der Waals surface area contributed by atoms with Crippen LogP contribution in [0.4, 0.5) is 5.69 Å². The molecule has 28 heavy (non-hydrogen) atoms. The number of aromatic nitrogens is 1. The third-order valence-corrected chi connectivity index (χ3v) is 5.89. The molecule has 152 valence electrons. The maximum absolute atomic E-state index is 4.54. The van der Waals surface area contributed by atoms with Gasteiger partial charge in [-0.3, -0.25) is 9.89 Å². The smallest absolute Gasteiger partial charge is 0.193 e. The quantitative estimate of drug-likeness (QED) is 0.440. The zero-order valence-electron chi connectivity index (χ0n) is 17.3. The van der Waals surface area contributed by atoms with Crippen LogP contribution in [0.15, 0.2) is 40.7 Å². The fraction of sp³-hybridized carbons (Fsp3) is 0.524. The molecule has 6 nitrogen and oxygen atoms in total. The Morgan fingerprint density at radius 1 is 1.21 bits per heavy atom. The lowest BCUT2D eigenvalue weighted by Gasteiger charge is -2.36. The van der Waals surface area contributed by atoms with Gasteiger partial charge in [-0.15, -0.1) is 11.3 Å². The maximum atomic E-state index is 4.54. The number of aliphatic imine (C=N–C) groups is 1. The van der Waals surface area contributed by atoms with Crippen molar-refractivity contribution in [1.29, 1.82) is 0 Å². The SMILES string of the molecule is CN=C(NCCCN1CCN(c2ccccc2)CC1)N(C)Cc1csc(C)n1. The van der Waals surface area contributed by atoms with Crippen molar-refractivity contribution in [3.8, 4) is 0 Å². The summed E-state index contributed by atoms with van der Waals surface area (Å²) < 4.78 is 0. The first kappa shape index (κ1) is 20.6. The normalized spacial score (nSPS) is 15.7. The first-order valence-electron chi connectivity index (χ1n) is 10.0. The lowest BCUT2D eigenvalue weighted by Crippen LogP contribution is -2.47. The van der Waals surface area contributed by atoms with Gasteiger partial charge in [-0.2, -0.15) is 0 Å². The minimum Gasteiger partial charge on any atom is -0.369 e. The van der Waals surface area contributed by atoms with Crippen LogP contribution in [0.3, 0.4) is 0 Å². The monoisotopic (exact) mass is 400 g/mol. The fourth-order valence-corrected chi connectivity index (χ4v) is 4.16. The van der Waals surface area contributed by atoms with E-state index in [-0.39, 0.29) is 0 Å². The highest BCUT2D eigenvalue weighted by molar-refractivity contribution is 7.09. The van der Waals surface area contributed by atoms with Gasteiger partial charge in [0.15, 0.2) is 5.96 Å². The number of nitrogens with zero attached hydrogens (tertiary/aromatic N) is 5. The highest BCUT2D eigenvalue weighted by Crippen LogP contribution is 2.15. The van der Waals surface area contributed by atoms with Crippen LogP contribution in [-0.2, 0) is 6.54 Å². The molecule has 1 aromatic carbocycles. The average molecular weight is 401 g/mol. The molecule has 1 saturated heterocycles. The summed E-state index contributed by atoms with van der Waals surface area (Å²) >= 11 is 1.69. The maximum Gasteiger partial charge on any atom is 0.193 e. The second kappa shape index (κ2) is 10.4. The van der Waals surface area contributed by atoms with Gasteiger partial charge in [-0.05, 0) is 32.0 Å². The number of hydrogen-bond donors (Lipinski definition) is 1. The van der Waals surface area contributed by atoms with E-state index in [4.69, 9.17) is 0 Å². The molecule has 1 aromatic heterocycles. The molecule has 0 unspecified atom stereocenters. The zero-order chi connectivity index (χ0) is 19.8. The largest absolute Gasteiger partial charge is 0.369 e. The predicted octanol–water partition coefficient (Wildman–Crippen LogP) is 2.67. The second-order valence-corrected chi connectivity index (χ2v) is 8.27. The van der Waals surface area contributed by atoms with E-state index in [1.807, 2.05) is 14.0 Å².